The van der Waals surface area contributed by atoms with Gasteiger partial charge < -0.3 is 10.4 Å². The third-order valence-corrected chi connectivity index (χ3v) is 3.66. The summed E-state index contributed by atoms with van der Waals surface area (Å²) in [5.41, 5.74) is 1.62. The number of nitrogens with zero attached hydrogens (tertiary/aromatic N) is 2. The number of carbonyl (C=O) groups excluding carboxylic acids is 1. The number of aromatic nitrogens is 2. The predicted molar refractivity (Wildman–Crippen MR) is 89.6 cm³/mol. The van der Waals surface area contributed by atoms with E-state index in [0.29, 0.717) is 16.3 Å². The number of hydrogen-bond acceptors (Lipinski definition) is 3. The van der Waals surface area contributed by atoms with Crippen molar-refractivity contribution in [2.75, 3.05) is 5.32 Å². The molecule has 0 fully saturated rings. The summed E-state index contributed by atoms with van der Waals surface area (Å²) in [7, 11) is 0. The van der Waals surface area contributed by atoms with Gasteiger partial charge in [0.25, 0.3) is 5.91 Å². The number of phenolic OH excluding ortho intramolecular Hbond substituents is 1. The number of nitrogens with one attached hydrogen (secondary N) is 1. The molecule has 0 spiro atoms. The Kier molecular flexibility index (Phi) is 4.23. The van der Waals surface area contributed by atoms with Crippen LogP contribution in [0.15, 0.2) is 54.9 Å². The lowest BCUT2D eigenvalue weighted by atomic mass is 10.2. The van der Waals surface area contributed by atoms with Crippen molar-refractivity contribution >= 4 is 34.8 Å². The standard InChI is InChI=1S/C16H11Cl2N3O2/c17-11-2-1-3-13(6-11)21-9-10(8-19-21)16(23)20-12-4-5-15(22)14(18)7-12/h1-9,22H,(H,20,23). The van der Waals surface area contributed by atoms with Gasteiger partial charge >= 0.3 is 0 Å². The topological polar surface area (TPSA) is 67.2 Å². The number of benzene rings is 2. The van der Waals surface area contributed by atoms with Crippen LogP contribution in [0.2, 0.25) is 10.0 Å². The Labute approximate surface area is 142 Å². The van der Waals surface area contributed by atoms with Crippen LogP contribution in [-0.4, -0.2) is 20.8 Å². The zero-order chi connectivity index (χ0) is 16.4. The first-order valence-electron chi connectivity index (χ1n) is 6.63. The monoisotopic (exact) mass is 347 g/mol. The van der Waals surface area contributed by atoms with Crippen molar-refractivity contribution in [1.29, 1.82) is 0 Å². The summed E-state index contributed by atoms with van der Waals surface area (Å²) in [6.07, 6.45) is 3.06. The molecule has 1 aromatic heterocycles. The molecule has 0 radical (unpaired) electrons. The maximum absolute atomic E-state index is 12.2. The second-order valence-electron chi connectivity index (χ2n) is 4.77. The number of amides is 1. The maximum atomic E-state index is 12.2. The fourth-order valence-electron chi connectivity index (χ4n) is 1.99. The van der Waals surface area contributed by atoms with E-state index in [9.17, 15) is 9.90 Å². The SMILES string of the molecule is O=C(Nc1ccc(O)c(Cl)c1)c1cnn(-c2cccc(Cl)c2)c1. The first-order valence-corrected chi connectivity index (χ1v) is 7.39. The zero-order valence-corrected chi connectivity index (χ0v) is 13.2. The molecule has 0 aliphatic rings. The average Bonchev–Trinajstić information content (AvgIpc) is 3.01. The first-order chi connectivity index (χ1) is 11.0. The molecule has 3 aromatic rings. The maximum Gasteiger partial charge on any atom is 0.258 e. The number of halogens is 2. The molecule has 0 aliphatic heterocycles. The minimum Gasteiger partial charge on any atom is -0.506 e. The van der Waals surface area contributed by atoms with E-state index < -0.39 is 0 Å². The highest BCUT2D eigenvalue weighted by Crippen LogP contribution is 2.26. The van der Waals surface area contributed by atoms with Gasteiger partial charge in [0.2, 0.25) is 0 Å². The van der Waals surface area contributed by atoms with Gasteiger partial charge in [-0.05, 0) is 36.4 Å². The van der Waals surface area contributed by atoms with Gasteiger partial charge in [-0.2, -0.15) is 5.10 Å². The normalized spacial score (nSPS) is 10.5. The van der Waals surface area contributed by atoms with Gasteiger partial charge in [-0.15, -0.1) is 0 Å². The zero-order valence-electron chi connectivity index (χ0n) is 11.7. The molecule has 1 heterocycles. The number of hydrogen-bond donors (Lipinski definition) is 2. The van der Waals surface area contributed by atoms with Crippen LogP contribution in [0.1, 0.15) is 10.4 Å². The van der Waals surface area contributed by atoms with Crippen LogP contribution < -0.4 is 5.32 Å². The van der Waals surface area contributed by atoms with Gasteiger partial charge in [0, 0.05) is 16.9 Å². The molecule has 3 rings (SSSR count). The molecule has 1 amide bonds. The Bertz CT molecular complexity index is 877. The van der Waals surface area contributed by atoms with Crippen molar-refractivity contribution < 1.29 is 9.90 Å². The molecule has 2 N–H and O–H groups in total. The number of phenols is 1. The lowest BCUT2D eigenvalue weighted by Crippen LogP contribution is -2.11. The summed E-state index contributed by atoms with van der Waals surface area (Å²) < 4.78 is 1.56. The second-order valence-corrected chi connectivity index (χ2v) is 5.62. The van der Waals surface area contributed by atoms with Crippen LogP contribution in [0, 0.1) is 0 Å². The van der Waals surface area contributed by atoms with Crippen molar-refractivity contribution in [3.8, 4) is 11.4 Å². The van der Waals surface area contributed by atoms with Gasteiger partial charge in [0.05, 0.1) is 22.5 Å². The van der Waals surface area contributed by atoms with Crippen LogP contribution in [-0.2, 0) is 0 Å². The fraction of sp³-hybridized carbons (Fsp3) is 0. The van der Waals surface area contributed by atoms with E-state index in [1.165, 1.54) is 18.3 Å². The minimum absolute atomic E-state index is 0.0431. The number of carbonyl (C=O) groups is 1. The first kappa shape index (κ1) is 15.4. The summed E-state index contributed by atoms with van der Waals surface area (Å²) in [6, 6.07) is 11.6. The van der Waals surface area contributed by atoms with Crippen molar-refractivity contribution in [2.24, 2.45) is 0 Å². The molecule has 2 aromatic carbocycles. The fourth-order valence-corrected chi connectivity index (χ4v) is 2.35. The second kappa shape index (κ2) is 6.32. The molecule has 0 atom stereocenters. The van der Waals surface area contributed by atoms with E-state index >= 15 is 0 Å². The van der Waals surface area contributed by atoms with Crippen molar-refractivity contribution in [2.45, 2.75) is 0 Å². The molecular formula is C16H11Cl2N3O2. The molecule has 23 heavy (non-hydrogen) atoms. The van der Waals surface area contributed by atoms with Gasteiger partial charge in [-0.3, -0.25) is 4.79 Å². The third kappa shape index (κ3) is 3.47. The number of anilines is 1. The molecular weight excluding hydrogens is 337 g/mol. The van der Waals surface area contributed by atoms with Crippen molar-refractivity contribution in [3.63, 3.8) is 0 Å². The molecule has 0 saturated carbocycles. The van der Waals surface area contributed by atoms with Gasteiger partial charge in [0.1, 0.15) is 5.75 Å². The largest absolute Gasteiger partial charge is 0.506 e. The predicted octanol–water partition coefficient (Wildman–Crippen LogP) is 4.14. The average molecular weight is 348 g/mol. The summed E-state index contributed by atoms with van der Waals surface area (Å²) in [5.74, 6) is -0.376. The van der Waals surface area contributed by atoms with E-state index in [0.717, 1.165) is 5.69 Å². The molecule has 5 nitrogen and oxygen atoms in total. The summed E-state index contributed by atoms with van der Waals surface area (Å²) in [6.45, 7) is 0. The Balaban J connectivity index is 1.79. The van der Waals surface area contributed by atoms with E-state index in [-0.39, 0.29) is 16.7 Å². The van der Waals surface area contributed by atoms with Gasteiger partial charge in [-0.25, -0.2) is 4.68 Å². The van der Waals surface area contributed by atoms with Crippen LogP contribution >= 0.6 is 23.2 Å². The van der Waals surface area contributed by atoms with E-state index in [2.05, 4.69) is 10.4 Å². The van der Waals surface area contributed by atoms with Crippen LogP contribution in [0.25, 0.3) is 5.69 Å². The van der Waals surface area contributed by atoms with E-state index in [1.54, 1.807) is 35.1 Å². The van der Waals surface area contributed by atoms with E-state index in [1.807, 2.05) is 6.07 Å². The van der Waals surface area contributed by atoms with Crippen molar-refractivity contribution in [1.82, 2.24) is 9.78 Å². The highest BCUT2D eigenvalue weighted by atomic mass is 35.5. The minimum atomic E-state index is -0.333. The Morgan fingerprint density at radius 2 is 2.00 bits per heavy atom. The Morgan fingerprint density at radius 1 is 1.17 bits per heavy atom. The molecule has 116 valence electrons. The third-order valence-electron chi connectivity index (χ3n) is 3.12. The Morgan fingerprint density at radius 3 is 2.74 bits per heavy atom. The number of aromatic hydroxyl groups is 1. The van der Waals surface area contributed by atoms with Crippen LogP contribution in [0.5, 0.6) is 5.75 Å². The molecule has 0 bridgehead atoms. The van der Waals surface area contributed by atoms with E-state index in [4.69, 9.17) is 23.2 Å². The van der Waals surface area contributed by atoms with Crippen LogP contribution in [0.4, 0.5) is 5.69 Å². The summed E-state index contributed by atoms with van der Waals surface area (Å²) in [4.78, 5) is 12.2. The molecule has 7 heteroatoms. The number of rotatable bonds is 3. The lowest BCUT2D eigenvalue weighted by Gasteiger charge is -2.05. The van der Waals surface area contributed by atoms with Crippen molar-refractivity contribution in [3.05, 3.63) is 70.5 Å². The smallest absolute Gasteiger partial charge is 0.258 e. The molecule has 0 aliphatic carbocycles. The highest BCUT2D eigenvalue weighted by Gasteiger charge is 2.11. The summed E-state index contributed by atoms with van der Waals surface area (Å²) >= 11 is 11.8. The molecule has 0 saturated heterocycles. The molecule has 0 unspecified atom stereocenters. The van der Waals surface area contributed by atoms with Gasteiger partial charge in [-0.1, -0.05) is 29.3 Å². The van der Waals surface area contributed by atoms with Crippen LogP contribution in [0.3, 0.4) is 0 Å². The van der Waals surface area contributed by atoms with Gasteiger partial charge in [0.15, 0.2) is 0 Å². The quantitative estimate of drug-likeness (QED) is 0.699. The lowest BCUT2D eigenvalue weighted by molar-refractivity contribution is 0.102. The highest BCUT2D eigenvalue weighted by molar-refractivity contribution is 6.32. The summed E-state index contributed by atoms with van der Waals surface area (Å²) in [5, 5.41) is 17.0. The Hall–Kier alpha value is -2.50.